The van der Waals surface area contributed by atoms with E-state index in [4.69, 9.17) is 4.65 Å². The van der Waals surface area contributed by atoms with Crippen molar-refractivity contribution in [2.75, 3.05) is 13.1 Å². The van der Waals surface area contributed by atoms with Crippen LogP contribution in [0.25, 0.3) is 0 Å². The molecular formula is C12H13BFNO3S. The molecule has 2 N–H and O–H groups in total. The van der Waals surface area contributed by atoms with E-state index in [-0.39, 0.29) is 16.5 Å². The van der Waals surface area contributed by atoms with Gasteiger partial charge < -0.3 is 15.0 Å². The van der Waals surface area contributed by atoms with Crippen LogP contribution in [0.4, 0.5) is 4.39 Å². The first-order valence-electron chi connectivity index (χ1n) is 6.16. The van der Waals surface area contributed by atoms with E-state index in [1.54, 1.807) is 17.8 Å². The summed E-state index contributed by atoms with van der Waals surface area (Å²) in [5, 5.41) is 13.6. The molecule has 4 nitrogen and oxygen atoms in total. The van der Waals surface area contributed by atoms with Gasteiger partial charge in [-0.1, -0.05) is 6.07 Å². The summed E-state index contributed by atoms with van der Waals surface area (Å²) >= 11 is 1.68. The van der Waals surface area contributed by atoms with E-state index >= 15 is 0 Å². The molecule has 0 bridgehead atoms. The van der Waals surface area contributed by atoms with E-state index in [1.165, 1.54) is 6.07 Å². The molecule has 1 fully saturated rings. The van der Waals surface area contributed by atoms with Crippen molar-refractivity contribution in [1.29, 1.82) is 0 Å². The van der Waals surface area contributed by atoms with E-state index in [0.29, 0.717) is 18.0 Å². The molecule has 1 atom stereocenters. The van der Waals surface area contributed by atoms with Crippen molar-refractivity contribution < 1.29 is 18.9 Å². The van der Waals surface area contributed by atoms with Gasteiger partial charge in [0.2, 0.25) is 0 Å². The van der Waals surface area contributed by atoms with Gasteiger partial charge in [0.1, 0.15) is 11.6 Å². The van der Waals surface area contributed by atoms with Crippen molar-refractivity contribution in [3.8, 4) is 5.75 Å². The van der Waals surface area contributed by atoms with E-state index in [2.05, 4.69) is 5.32 Å². The van der Waals surface area contributed by atoms with Crippen molar-refractivity contribution in [2.45, 2.75) is 16.8 Å². The minimum atomic E-state index is -1.00. The summed E-state index contributed by atoms with van der Waals surface area (Å²) in [5.74, 6) is -0.429. The van der Waals surface area contributed by atoms with Gasteiger partial charge in [-0.3, -0.25) is 4.79 Å². The molecule has 2 heterocycles. The molecule has 3 rings (SSSR count). The average molecular weight is 281 g/mol. The third kappa shape index (κ3) is 2.38. The number of carbonyl (C=O) groups is 1. The normalized spacial score (nSPS) is 22.4. The minimum Gasteiger partial charge on any atom is -0.535 e. The van der Waals surface area contributed by atoms with Gasteiger partial charge in [-0.05, 0) is 18.1 Å². The zero-order chi connectivity index (χ0) is 13.4. The summed E-state index contributed by atoms with van der Waals surface area (Å²) in [6.45, 7) is 1.87. The maximum Gasteiger partial charge on any atom is 0.536 e. The van der Waals surface area contributed by atoms with Crippen LogP contribution in [0.2, 0.25) is 0 Å². The molecule has 1 unspecified atom stereocenters. The predicted molar refractivity (Wildman–Crippen MR) is 72.1 cm³/mol. The first-order chi connectivity index (χ1) is 9.19. The molecule has 0 spiro atoms. The molecule has 0 amide bonds. The van der Waals surface area contributed by atoms with E-state index < -0.39 is 12.9 Å². The van der Waals surface area contributed by atoms with Gasteiger partial charge in [-0.15, -0.1) is 0 Å². The first-order valence-corrected chi connectivity index (χ1v) is 7.11. The second-order valence-electron chi connectivity index (χ2n) is 4.73. The van der Waals surface area contributed by atoms with Crippen LogP contribution in [0.3, 0.4) is 0 Å². The van der Waals surface area contributed by atoms with Gasteiger partial charge in [0, 0.05) is 18.3 Å². The Balaban J connectivity index is 1.84. The van der Waals surface area contributed by atoms with E-state index in [9.17, 15) is 14.2 Å². The molecule has 0 saturated carbocycles. The number of aldehydes is 1. The molecule has 0 radical (unpaired) electrons. The Morgan fingerprint density at radius 2 is 2.32 bits per heavy atom. The Morgan fingerprint density at radius 1 is 1.53 bits per heavy atom. The van der Waals surface area contributed by atoms with Crippen molar-refractivity contribution >= 4 is 25.2 Å². The first kappa shape index (κ1) is 13.0. The summed E-state index contributed by atoms with van der Waals surface area (Å²) < 4.78 is 18.8. The SMILES string of the molecule is O=Cc1c(F)ccc2c1OB(O)C(SC1CNC1)C2. The molecule has 1 aromatic carbocycles. The van der Waals surface area contributed by atoms with Crippen LogP contribution in [0.5, 0.6) is 5.75 Å². The maximum atomic E-state index is 13.5. The van der Waals surface area contributed by atoms with Crippen LogP contribution in [0, 0.1) is 5.82 Å². The number of fused-ring (bicyclic) bond motifs is 1. The Bertz CT molecular complexity index is 512. The topological polar surface area (TPSA) is 58.6 Å². The van der Waals surface area contributed by atoms with Gasteiger partial charge in [-0.25, -0.2) is 4.39 Å². The van der Waals surface area contributed by atoms with E-state index in [0.717, 1.165) is 18.7 Å². The lowest BCUT2D eigenvalue weighted by Gasteiger charge is -2.34. The minimum absolute atomic E-state index is 0.0791. The highest BCUT2D eigenvalue weighted by Gasteiger charge is 2.39. The highest BCUT2D eigenvalue weighted by atomic mass is 32.2. The number of halogens is 1. The zero-order valence-electron chi connectivity index (χ0n) is 10.1. The summed E-state index contributed by atoms with van der Waals surface area (Å²) in [4.78, 5) is 10.9. The molecule has 0 aliphatic carbocycles. The van der Waals surface area contributed by atoms with Crippen LogP contribution in [0.15, 0.2) is 12.1 Å². The summed E-state index contributed by atoms with van der Waals surface area (Å²) in [6.07, 6.45) is 1.02. The lowest BCUT2D eigenvalue weighted by molar-refractivity contribution is 0.111. The lowest BCUT2D eigenvalue weighted by Crippen LogP contribution is -2.49. The Hall–Kier alpha value is -1.05. The van der Waals surface area contributed by atoms with Gasteiger partial charge in [0.25, 0.3) is 0 Å². The maximum absolute atomic E-state index is 13.5. The van der Waals surface area contributed by atoms with Gasteiger partial charge in [0.15, 0.2) is 6.29 Å². The number of rotatable bonds is 3. The van der Waals surface area contributed by atoms with Gasteiger partial charge in [0.05, 0.1) is 10.7 Å². The standard InChI is InChI=1S/C12H13BFNO3S/c14-10-2-1-7-3-11(19-8-4-15-5-8)13(17)18-12(7)9(10)6-16/h1-2,6,8,11,15,17H,3-5H2. The third-order valence-corrected chi connectivity index (χ3v) is 4.90. The highest BCUT2D eigenvalue weighted by molar-refractivity contribution is 8.02. The lowest BCUT2D eigenvalue weighted by atomic mass is 9.77. The average Bonchev–Trinajstić information content (AvgIpc) is 2.34. The Kier molecular flexibility index (Phi) is 3.51. The highest BCUT2D eigenvalue weighted by Crippen LogP contribution is 2.36. The van der Waals surface area contributed by atoms with Crippen LogP contribution in [-0.4, -0.2) is 41.9 Å². The van der Waals surface area contributed by atoms with Crippen LogP contribution >= 0.6 is 11.8 Å². The predicted octanol–water partition coefficient (Wildman–Crippen LogP) is 0.666. The van der Waals surface area contributed by atoms with Crippen molar-refractivity contribution in [2.24, 2.45) is 0 Å². The molecule has 1 aromatic rings. The quantitative estimate of drug-likeness (QED) is 0.630. The van der Waals surface area contributed by atoms with Gasteiger partial charge in [-0.2, -0.15) is 11.8 Å². The van der Waals surface area contributed by atoms with Crippen LogP contribution in [0.1, 0.15) is 15.9 Å². The molecule has 7 heteroatoms. The number of hydrogen-bond donors (Lipinski definition) is 2. The van der Waals surface area contributed by atoms with Crippen molar-refractivity contribution in [1.82, 2.24) is 5.32 Å². The Labute approximate surface area is 114 Å². The zero-order valence-corrected chi connectivity index (χ0v) is 11.0. The van der Waals surface area contributed by atoms with Crippen molar-refractivity contribution in [3.05, 3.63) is 29.1 Å². The second kappa shape index (κ2) is 5.15. The summed E-state index contributed by atoms with van der Waals surface area (Å²) in [6, 6.07) is 2.90. The summed E-state index contributed by atoms with van der Waals surface area (Å²) in [7, 11) is -1.00. The fourth-order valence-corrected chi connectivity index (χ4v) is 3.65. The number of hydrogen-bond acceptors (Lipinski definition) is 5. The number of nitrogens with one attached hydrogen (secondary N) is 1. The monoisotopic (exact) mass is 281 g/mol. The summed E-state index contributed by atoms with van der Waals surface area (Å²) in [5.41, 5.74) is 0.670. The third-order valence-electron chi connectivity index (χ3n) is 3.43. The Morgan fingerprint density at radius 3 is 2.95 bits per heavy atom. The van der Waals surface area contributed by atoms with Crippen molar-refractivity contribution in [3.63, 3.8) is 0 Å². The fraction of sp³-hybridized carbons (Fsp3) is 0.417. The van der Waals surface area contributed by atoms with Crippen LogP contribution < -0.4 is 9.97 Å². The molecule has 100 valence electrons. The fourth-order valence-electron chi connectivity index (χ4n) is 2.27. The molecular weight excluding hydrogens is 268 g/mol. The number of carbonyl (C=O) groups excluding carboxylic acids is 1. The molecule has 0 aromatic heterocycles. The van der Waals surface area contributed by atoms with Crippen LogP contribution in [-0.2, 0) is 6.42 Å². The molecule has 2 aliphatic heterocycles. The molecule has 19 heavy (non-hydrogen) atoms. The smallest absolute Gasteiger partial charge is 0.535 e. The number of thioether (sulfide) groups is 1. The van der Waals surface area contributed by atoms with E-state index in [1.807, 2.05) is 0 Å². The van der Waals surface area contributed by atoms with Gasteiger partial charge >= 0.3 is 7.12 Å². The largest absolute Gasteiger partial charge is 0.536 e. The number of benzene rings is 1. The molecule has 2 aliphatic rings. The molecule has 1 saturated heterocycles. The second-order valence-corrected chi connectivity index (χ2v) is 6.28.